The molecule has 0 aliphatic carbocycles. The van der Waals surface area contributed by atoms with Gasteiger partial charge in [0.15, 0.2) is 0 Å². The van der Waals surface area contributed by atoms with Crippen LogP contribution in [0.25, 0.3) is 5.69 Å². The monoisotopic (exact) mass is 221 g/mol. The van der Waals surface area contributed by atoms with E-state index in [1.807, 2.05) is 30.8 Å². The van der Waals surface area contributed by atoms with Gasteiger partial charge in [0.05, 0.1) is 29.3 Å². The fourth-order valence-electron chi connectivity index (χ4n) is 1.45. The van der Waals surface area contributed by atoms with Gasteiger partial charge in [-0.1, -0.05) is 0 Å². The Labute approximate surface area is 93.7 Å². The first-order chi connectivity index (χ1) is 7.20. The fourth-order valence-corrected chi connectivity index (χ4v) is 1.59. The molecule has 2 aromatic rings. The Morgan fingerprint density at radius 2 is 2.13 bits per heavy atom. The SMILES string of the molecule is Cc1cnc(C)c(-n2cnc(CCl)c2)c1. The van der Waals surface area contributed by atoms with Gasteiger partial charge < -0.3 is 4.57 Å². The van der Waals surface area contributed by atoms with Gasteiger partial charge >= 0.3 is 0 Å². The van der Waals surface area contributed by atoms with Gasteiger partial charge in [0.2, 0.25) is 0 Å². The van der Waals surface area contributed by atoms with Crippen LogP contribution in [0, 0.1) is 13.8 Å². The van der Waals surface area contributed by atoms with Gasteiger partial charge in [-0.3, -0.25) is 4.98 Å². The molecule has 0 bridgehead atoms. The summed E-state index contributed by atoms with van der Waals surface area (Å²) in [5, 5.41) is 0. The molecule has 4 heteroatoms. The quantitative estimate of drug-likeness (QED) is 0.730. The summed E-state index contributed by atoms with van der Waals surface area (Å²) in [6, 6.07) is 2.09. The van der Waals surface area contributed by atoms with Crippen LogP contribution >= 0.6 is 11.6 Å². The van der Waals surface area contributed by atoms with Gasteiger partial charge in [-0.2, -0.15) is 0 Å². The molecule has 15 heavy (non-hydrogen) atoms. The number of imidazole rings is 1. The van der Waals surface area contributed by atoms with Crippen LogP contribution in [0.5, 0.6) is 0 Å². The molecule has 0 spiro atoms. The van der Waals surface area contributed by atoms with Gasteiger partial charge in [-0.15, -0.1) is 11.6 Å². The summed E-state index contributed by atoms with van der Waals surface area (Å²) in [4.78, 5) is 8.49. The average molecular weight is 222 g/mol. The van der Waals surface area contributed by atoms with Gasteiger partial charge in [-0.25, -0.2) is 4.98 Å². The lowest BCUT2D eigenvalue weighted by Crippen LogP contribution is -1.97. The zero-order valence-electron chi connectivity index (χ0n) is 8.74. The van der Waals surface area contributed by atoms with E-state index in [9.17, 15) is 0 Å². The number of alkyl halides is 1. The lowest BCUT2D eigenvalue weighted by atomic mass is 10.2. The number of pyridine rings is 1. The molecule has 0 aliphatic rings. The molecule has 2 rings (SSSR count). The summed E-state index contributed by atoms with van der Waals surface area (Å²) in [5.74, 6) is 0.436. The number of aromatic nitrogens is 3. The minimum atomic E-state index is 0.436. The van der Waals surface area contributed by atoms with E-state index in [-0.39, 0.29) is 0 Å². The molecular formula is C11H12ClN3. The Balaban J connectivity index is 2.48. The third kappa shape index (κ3) is 2.02. The second-order valence-electron chi connectivity index (χ2n) is 3.52. The van der Waals surface area contributed by atoms with Gasteiger partial charge in [0, 0.05) is 12.4 Å². The van der Waals surface area contributed by atoms with Crippen LogP contribution in [0.4, 0.5) is 0 Å². The minimum absolute atomic E-state index is 0.436. The van der Waals surface area contributed by atoms with Crippen molar-refractivity contribution in [2.45, 2.75) is 19.7 Å². The van der Waals surface area contributed by atoms with Crippen LogP contribution in [-0.4, -0.2) is 14.5 Å². The second-order valence-corrected chi connectivity index (χ2v) is 3.79. The number of hydrogen-bond donors (Lipinski definition) is 0. The van der Waals surface area contributed by atoms with E-state index in [2.05, 4.69) is 16.0 Å². The van der Waals surface area contributed by atoms with Crippen molar-refractivity contribution in [3.05, 3.63) is 41.7 Å². The summed E-state index contributed by atoms with van der Waals surface area (Å²) < 4.78 is 1.95. The van der Waals surface area contributed by atoms with Crippen molar-refractivity contribution in [1.29, 1.82) is 0 Å². The predicted molar refractivity (Wildman–Crippen MR) is 60.4 cm³/mol. The maximum absolute atomic E-state index is 5.71. The molecule has 0 aromatic carbocycles. The van der Waals surface area contributed by atoms with Crippen LogP contribution in [0.2, 0.25) is 0 Å². The van der Waals surface area contributed by atoms with Crippen molar-refractivity contribution >= 4 is 11.6 Å². The summed E-state index contributed by atoms with van der Waals surface area (Å²) >= 11 is 5.71. The van der Waals surface area contributed by atoms with Crippen molar-refractivity contribution in [3.63, 3.8) is 0 Å². The van der Waals surface area contributed by atoms with Gasteiger partial charge in [-0.05, 0) is 25.5 Å². The Morgan fingerprint density at radius 1 is 1.33 bits per heavy atom. The molecule has 78 valence electrons. The number of rotatable bonds is 2. The van der Waals surface area contributed by atoms with E-state index in [4.69, 9.17) is 11.6 Å². The normalized spacial score (nSPS) is 10.6. The summed E-state index contributed by atoms with van der Waals surface area (Å²) in [7, 11) is 0. The Morgan fingerprint density at radius 3 is 2.80 bits per heavy atom. The number of hydrogen-bond acceptors (Lipinski definition) is 2. The van der Waals surface area contributed by atoms with Crippen molar-refractivity contribution in [1.82, 2.24) is 14.5 Å². The van der Waals surface area contributed by atoms with Crippen molar-refractivity contribution in [2.24, 2.45) is 0 Å². The summed E-state index contributed by atoms with van der Waals surface area (Å²) in [5.41, 5.74) is 4.05. The highest BCUT2D eigenvalue weighted by atomic mass is 35.5. The van der Waals surface area contributed by atoms with E-state index in [1.165, 1.54) is 0 Å². The fraction of sp³-hybridized carbons (Fsp3) is 0.273. The molecule has 0 aliphatic heterocycles. The molecule has 0 fully saturated rings. The summed E-state index contributed by atoms with van der Waals surface area (Å²) in [6.45, 7) is 4.00. The summed E-state index contributed by atoms with van der Waals surface area (Å²) in [6.07, 6.45) is 5.55. The van der Waals surface area contributed by atoms with E-state index < -0.39 is 0 Å². The van der Waals surface area contributed by atoms with Crippen molar-refractivity contribution in [3.8, 4) is 5.69 Å². The number of halogens is 1. The number of nitrogens with zero attached hydrogens (tertiary/aromatic N) is 3. The lowest BCUT2D eigenvalue weighted by Gasteiger charge is -2.06. The third-order valence-electron chi connectivity index (χ3n) is 2.25. The molecule has 0 N–H and O–H groups in total. The van der Waals surface area contributed by atoms with Crippen LogP contribution in [0.15, 0.2) is 24.8 Å². The second kappa shape index (κ2) is 4.03. The topological polar surface area (TPSA) is 30.7 Å². The lowest BCUT2D eigenvalue weighted by molar-refractivity contribution is 0.999. The Hall–Kier alpha value is -1.35. The zero-order chi connectivity index (χ0) is 10.8. The van der Waals surface area contributed by atoms with Crippen molar-refractivity contribution < 1.29 is 0 Å². The van der Waals surface area contributed by atoms with Gasteiger partial charge in [0.1, 0.15) is 0 Å². The molecule has 0 amide bonds. The van der Waals surface area contributed by atoms with E-state index in [1.54, 1.807) is 6.33 Å². The molecule has 3 nitrogen and oxygen atoms in total. The highest BCUT2D eigenvalue weighted by Gasteiger charge is 2.04. The average Bonchev–Trinajstić information content (AvgIpc) is 2.70. The largest absolute Gasteiger partial charge is 0.304 e. The van der Waals surface area contributed by atoms with E-state index in [0.717, 1.165) is 22.6 Å². The maximum Gasteiger partial charge on any atom is 0.0996 e. The van der Waals surface area contributed by atoms with E-state index >= 15 is 0 Å². The first-order valence-corrected chi connectivity index (χ1v) is 5.26. The number of aryl methyl sites for hydroxylation is 2. The van der Waals surface area contributed by atoms with E-state index in [0.29, 0.717) is 5.88 Å². The minimum Gasteiger partial charge on any atom is -0.304 e. The highest BCUT2D eigenvalue weighted by molar-refractivity contribution is 6.16. The predicted octanol–water partition coefficient (Wildman–Crippen LogP) is 2.62. The van der Waals surface area contributed by atoms with Gasteiger partial charge in [0.25, 0.3) is 0 Å². The van der Waals surface area contributed by atoms with Crippen molar-refractivity contribution in [2.75, 3.05) is 0 Å². The molecule has 0 radical (unpaired) electrons. The molecular weight excluding hydrogens is 210 g/mol. The van der Waals surface area contributed by atoms with Crippen LogP contribution < -0.4 is 0 Å². The molecule has 0 saturated carbocycles. The molecule has 2 aromatic heterocycles. The highest BCUT2D eigenvalue weighted by Crippen LogP contribution is 2.14. The first-order valence-electron chi connectivity index (χ1n) is 4.73. The van der Waals surface area contributed by atoms with Crippen LogP contribution in [-0.2, 0) is 5.88 Å². The first kappa shape index (κ1) is 10.2. The van der Waals surface area contributed by atoms with Crippen LogP contribution in [0.3, 0.4) is 0 Å². The van der Waals surface area contributed by atoms with Crippen LogP contribution in [0.1, 0.15) is 17.0 Å². The molecule has 0 saturated heterocycles. The Kier molecular flexibility index (Phi) is 2.73. The Bertz CT molecular complexity index is 476. The molecule has 0 atom stereocenters. The molecule has 0 unspecified atom stereocenters. The zero-order valence-corrected chi connectivity index (χ0v) is 9.49. The smallest absolute Gasteiger partial charge is 0.0996 e. The third-order valence-corrected chi connectivity index (χ3v) is 2.52. The standard InChI is InChI=1S/C11H12ClN3/c1-8-3-11(9(2)13-5-8)15-6-10(4-12)14-7-15/h3,5-7H,4H2,1-2H3. The molecule has 2 heterocycles. The maximum atomic E-state index is 5.71.